The molecule has 1 aromatic heterocycles. The first kappa shape index (κ1) is 19.8. The minimum atomic E-state index is -0.766. The van der Waals surface area contributed by atoms with Gasteiger partial charge in [-0.15, -0.1) is 0 Å². The molecule has 29 heavy (non-hydrogen) atoms. The quantitative estimate of drug-likeness (QED) is 0.318. The molecular weight excluding hydrogens is 382 g/mol. The number of nitro groups is 1. The topological polar surface area (TPSA) is 127 Å². The molecular formula is C19H17N3O7. The fourth-order valence-electron chi connectivity index (χ4n) is 2.47. The maximum Gasteiger partial charge on any atom is 0.338 e. The zero-order valence-electron chi connectivity index (χ0n) is 15.7. The van der Waals surface area contributed by atoms with E-state index in [9.17, 15) is 14.9 Å². The molecule has 0 bridgehead atoms. The van der Waals surface area contributed by atoms with E-state index in [-0.39, 0.29) is 36.1 Å². The van der Waals surface area contributed by atoms with Crippen molar-refractivity contribution in [1.82, 2.24) is 10.1 Å². The van der Waals surface area contributed by atoms with E-state index in [4.69, 9.17) is 18.7 Å². The molecule has 3 aromatic rings. The van der Waals surface area contributed by atoms with Crippen molar-refractivity contribution >= 4 is 11.7 Å². The third kappa shape index (κ3) is 4.67. The van der Waals surface area contributed by atoms with Gasteiger partial charge in [0, 0.05) is 11.6 Å². The maximum absolute atomic E-state index is 12.2. The Kier molecular flexibility index (Phi) is 6.03. The van der Waals surface area contributed by atoms with E-state index in [1.165, 1.54) is 12.1 Å². The van der Waals surface area contributed by atoms with Crippen LogP contribution in [0.2, 0.25) is 0 Å². The van der Waals surface area contributed by atoms with E-state index < -0.39 is 10.9 Å². The molecule has 2 aromatic carbocycles. The Bertz CT molecular complexity index is 1030. The first-order valence-electron chi connectivity index (χ1n) is 8.57. The number of nitro benzene ring substituents is 1. The molecule has 0 saturated heterocycles. The Morgan fingerprint density at radius 2 is 2.07 bits per heavy atom. The highest BCUT2D eigenvalue weighted by Crippen LogP contribution is 2.28. The van der Waals surface area contributed by atoms with E-state index in [0.717, 1.165) is 6.07 Å². The number of ether oxygens (including phenoxy) is 3. The zero-order chi connectivity index (χ0) is 20.8. The predicted molar refractivity (Wildman–Crippen MR) is 99.7 cm³/mol. The van der Waals surface area contributed by atoms with Gasteiger partial charge in [0.05, 0.1) is 24.2 Å². The van der Waals surface area contributed by atoms with Crippen molar-refractivity contribution in [1.29, 1.82) is 0 Å². The Balaban J connectivity index is 1.69. The van der Waals surface area contributed by atoms with Crippen molar-refractivity contribution in [2.45, 2.75) is 13.5 Å². The van der Waals surface area contributed by atoms with Crippen molar-refractivity contribution in [3.63, 3.8) is 0 Å². The number of carbonyl (C=O) groups excluding carboxylic acids is 1. The van der Waals surface area contributed by atoms with E-state index in [0.29, 0.717) is 17.1 Å². The standard InChI is InChI=1S/C19H17N3O7/c1-3-27-16-8-7-13(10-15(16)22(24)25)19(23)28-11-17-20-18(21-29-17)12-5-4-6-14(9-12)26-2/h4-10H,3,11H2,1-2H3. The Morgan fingerprint density at radius 1 is 1.24 bits per heavy atom. The van der Waals surface area contributed by atoms with Crippen LogP contribution < -0.4 is 9.47 Å². The molecule has 10 heteroatoms. The highest BCUT2D eigenvalue weighted by atomic mass is 16.6. The number of hydrogen-bond donors (Lipinski definition) is 0. The summed E-state index contributed by atoms with van der Waals surface area (Å²) in [7, 11) is 1.55. The zero-order valence-corrected chi connectivity index (χ0v) is 15.7. The van der Waals surface area contributed by atoms with Crippen LogP contribution in [0, 0.1) is 10.1 Å². The molecule has 0 N–H and O–H groups in total. The molecule has 1 heterocycles. The molecule has 0 aliphatic heterocycles. The van der Waals surface area contributed by atoms with E-state index >= 15 is 0 Å². The number of aromatic nitrogens is 2. The van der Waals surface area contributed by atoms with Gasteiger partial charge in [-0.25, -0.2) is 4.79 Å². The Labute approximate surface area is 165 Å². The van der Waals surface area contributed by atoms with Crippen LogP contribution in [-0.4, -0.2) is 34.7 Å². The second kappa shape index (κ2) is 8.83. The minimum absolute atomic E-state index is 0.00712. The predicted octanol–water partition coefficient (Wildman–Crippen LogP) is 3.41. The maximum atomic E-state index is 12.2. The highest BCUT2D eigenvalue weighted by Gasteiger charge is 2.20. The third-order valence-corrected chi connectivity index (χ3v) is 3.81. The van der Waals surface area contributed by atoms with Gasteiger partial charge in [0.2, 0.25) is 5.82 Å². The summed E-state index contributed by atoms with van der Waals surface area (Å²) in [6.07, 6.45) is 0. The lowest BCUT2D eigenvalue weighted by molar-refractivity contribution is -0.385. The third-order valence-electron chi connectivity index (χ3n) is 3.81. The van der Waals surface area contributed by atoms with Crippen LogP contribution in [0.15, 0.2) is 47.0 Å². The van der Waals surface area contributed by atoms with Crippen molar-refractivity contribution < 1.29 is 28.5 Å². The molecule has 150 valence electrons. The molecule has 0 amide bonds. The van der Waals surface area contributed by atoms with E-state index in [2.05, 4.69) is 10.1 Å². The van der Waals surface area contributed by atoms with Gasteiger partial charge in [0.15, 0.2) is 12.4 Å². The monoisotopic (exact) mass is 399 g/mol. The summed E-state index contributed by atoms with van der Waals surface area (Å²) in [5.41, 5.74) is 0.361. The van der Waals surface area contributed by atoms with Crippen LogP contribution in [0.5, 0.6) is 11.5 Å². The normalized spacial score (nSPS) is 10.4. The second-order valence-corrected chi connectivity index (χ2v) is 5.69. The van der Waals surface area contributed by atoms with Gasteiger partial charge in [-0.1, -0.05) is 17.3 Å². The fourth-order valence-corrected chi connectivity index (χ4v) is 2.47. The van der Waals surface area contributed by atoms with Gasteiger partial charge in [0.1, 0.15) is 5.75 Å². The molecule has 0 atom stereocenters. The SMILES string of the molecule is CCOc1ccc(C(=O)OCc2nc(-c3cccc(OC)c3)no2)cc1[N+](=O)[O-]. The van der Waals surface area contributed by atoms with Crippen LogP contribution in [-0.2, 0) is 11.3 Å². The highest BCUT2D eigenvalue weighted by molar-refractivity contribution is 5.90. The van der Waals surface area contributed by atoms with Gasteiger partial charge in [-0.05, 0) is 31.2 Å². The average Bonchev–Trinajstić information content (AvgIpc) is 3.21. The van der Waals surface area contributed by atoms with Crippen molar-refractivity contribution in [3.8, 4) is 22.9 Å². The lowest BCUT2D eigenvalue weighted by Crippen LogP contribution is -2.07. The molecule has 3 rings (SSSR count). The van der Waals surface area contributed by atoms with Gasteiger partial charge in [-0.2, -0.15) is 4.98 Å². The summed E-state index contributed by atoms with van der Waals surface area (Å²) < 4.78 is 20.5. The summed E-state index contributed by atoms with van der Waals surface area (Å²) in [6.45, 7) is 1.68. The van der Waals surface area contributed by atoms with Gasteiger partial charge >= 0.3 is 11.7 Å². The number of esters is 1. The van der Waals surface area contributed by atoms with Crippen LogP contribution in [0.3, 0.4) is 0 Å². The van der Waals surface area contributed by atoms with Gasteiger partial charge < -0.3 is 18.7 Å². The van der Waals surface area contributed by atoms with E-state index in [1.54, 1.807) is 38.3 Å². The Morgan fingerprint density at radius 3 is 2.79 bits per heavy atom. The molecule has 0 spiro atoms. The lowest BCUT2D eigenvalue weighted by atomic mass is 10.2. The Hall–Kier alpha value is -3.95. The summed E-state index contributed by atoms with van der Waals surface area (Å²) in [5, 5.41) is 15.0. The first-order chi connectivity index (χ1) is 14.0. The fraction of sp³-hybridized carbons (Fsp3) is 0.211. The number of methoxy groups -OCH3 is 1. The molecule has 0 fully saturated rings. The number of rotatable bonds is 8. The van der Waals surface area contributed by atoms with Crippen molar-refractivity contribution in [2.24, 2.45) is 0 Å². The molecule has 10 nitrogen and oxygen atoms in total. The molecule has 0 radical (unpaired) electrons. The lowest BCUT2D eigenvalue weighted by Gasteiger charge is -2.06. The molecule has 0 aliphatic rings. The number of benzene rings is 2. The second-order valence-electron chi connectivity index (χ2n) is 5.69. The van der Waals surface area contributed by atoms with Gasteiger partial charge in [0.25, 0.3) is 5.89 Å². The largest absolute Gasteiger partial charge is 0.497 e. The summed E-state index contributed by atoms with van der Waals surface area (Å²) >= 11 is 0. The first-order valence-corrected chi connectivity index (χ1v) is 8.57. The molecule has 0 aliphatic carbocycles. The summed E-state index contributed by atoms with van der Waals surface area (Å²) in [6, 6.07) is 10.9. The minimum Gasteiger partial charge on any atom is -0.497 e. The summed E-state index contributed by atoms with van der Waals surface area (Å²) in [5.74, 6) is 0.340. The molecule has 0 saturated carbocycles. The van der Waals surface area contributed by atoms with Crippen molar-refractivity contribution in [2.75, 3.05) is 13.7 Å². The summed E-state index contributed by atoms with van der Waals surface area (Å²) in [4.78, 5) is 26.9. The van der Waals surface area contributed by atoms with Crippen LogP contribution in [0.4, 0.5) is 5.69 Å². The van der Waals surface area contributed by atoms with Crippen molar-refractivity contribution in [3.05, 3.63) is 64.0 Å². The smallest absolute Gasteiger partial charge is 0.338 e. The number of carbonyl (C=O) groups is 1. The van der Waals surface area contributed by atoms with E-state index in [1.807, 2.05) is 0 Å². The van der Waals surface area contributed by atoms with Crippen LogP contribution in [0.1, 0.15) is 23.2 Å². The number of nitrogens with zero attached hydrogens (tertiary/aromatic N) is 3. The van der Waals surface area contributed by atoms with Crippen LogP contribution in [0.25, 0.3) is 11.4 Å². The number of hydrogen-bond acceptors (Lipinski definition) is 9. The van der Waals surface area contributed by atoms with Gasteiger partial charge in [-0.3, -0.25) is 10.1 Å². The molecule has 0 unspecified atom stereocenters. The average molecular weight is 399 g/mol. The van der Waals surface area contributed by atoms with Crippen LogP contribution >= 0.6 is 0 Å².